The van der Waals surface area contributed by atoms with E-state index in [-0.39, 0.29) is 13.1 Å². The van der Waals surface area contributed by atoms with Crippen molar-refractivity contribution in [3.8, 4) is 0 Å². The third-order valence-electron chi connectivity index (χ3n) is 4.98. The van der Waals surface area contributed by atoms with Gasteiger partial charge in [-0.15, -0.1) is 0 Å². The zero-order valence-electron chi connectivity index (χ0n) is 14.0. The van der Waals surface area contributed by atoms with E-state index in [1.165, 1.54) is 23.5 Å². The summed E-state index contributed by atoms with van der Waals surface area (Å²) in [6, 6.07) is 22.0. The van der Waals surface area contributed by atoms with E-state index >= 15 is 0 Å². The number of allylic oxidation sites excluding steroid dienone is 4. The molecule has 0 nitrogen and oxygen atoms in total. The first kappa shape index (κ1) is 16.2. The molecule has 23 heavy (non-hydrogen) atoms. The zero-order chi connectivity index (χ0) is 16.1. The molecule has 0 heterocycles. The Hall–Kier alpha value is -1.65. The van der Waals surface area contributed by atoms with Crippen LogP contribution in [0.5, 0.6) is 0 Å². The predicted molar refractivity (Wildman–Crippen MR) is 103 cm³/mol. The lowest BCUT2D eigenvalue weighted by Crippen LogP contribution is -2.30. The molecule has 0 fully saturated rings. The molecule has 1 heteroatoms. The van der Waals surface area contributed by atoms with Crippen LogP contribution in [0.2, 0.25) is 0 Å². The SMILES string of the molecule is CC1C=CC=CC1(C)P(Cc1ccccc1)Cc1ccccc1. The second kappa shape index (κ2) is 7.28. The Bertz CT molecular complexity index is 630. The highest BCUT2D eigenvalue weighted by Gasteiger charge is 2.36. The fourth-order valence-corrected chi connectivity index (χ4v) is 6.28. The van der Waals surface area contributed by atoms with E-state index in [2.05, 4.69) is 98.8 Å². The monoisotopic (exact) mass is 320 g/mol. The molecule has 0 saturated heterocycles. The van der Waals surface area contributed by atoms with Crippen LogP contribution in [0, 0.1) is 5.92 Å². The molecule has 0 aromatic heterocycles. The summed E-state index contributed by atoms with van der Waals surface area (Å²) < 4.78 is 0. The van der Waals surface area contributed by atoms with Crippen LogP contribution in [0.25, 0.3) is 0 Å². The maximum atomic E-state index is 2.45. The Morgan fingerprint density at radius 1 is 0.826 bits per heavy atom. The largest absolute Gasteiger partial charge is 0.0871 e. The van der Waals surface area contributed by atoms with Crippen LogP contribution in [-0.4, -0.2) is 5.16 Å². The summed E-state index contributed by atoms with van der Waals surface area (Å²) in [4.78, 5) is 0. The molecule has 2 aromatic carbocycles. The fourth-order valence-electron chi connectivity index (χ4n) is 3.23. The maximum absolute atomic E-state index is 2.45. The van der Waals surface area contributed by atoms with Gasteiger partial charge in [-0.1, -0.05) is 107 Å². The predicted octanol–water partition coefficient (Wildman–Crippen LogP) is 6.39. The van der Waals surface area contributed by atoms with Crippen molar-refractivity contribution in [2.24, 2.45) is 5.92 Å². The van der Waals surface area contributed by atoms with Crippen LogP contribution >= 0.6 is 7.92 Å². The minimum absolute atomic E-state index is 0.191. The third-order valence-corrected chi connectivity index (χ3v) is 8.39. The van der Waals surface area contributed by atoms with Crippen LogP contribution in [0.15, 0.2) is 85.0 Å². The highest BCUT2D eigenvalue weighted by atomic mass is 31.1. The van der Waals surface area contributed by atoms with E-state index in [1.807, 2.05) is 0 Å². The smallest absolute Gasteiger partial charge is 0.0125 e. The van der Waals surface area contributed by atoms with Gasteiger partial charge in [-0.2, -0.15) is 0 Å². The number of hydrogen-bond acceptors (Lipinski definition) is 0. The van der Waals surface area contributed by atoms with E-state index in [4.69, 9.17) is 0 Å². The standard InChI is InChI=1S/C22H25P/c1-19-11-9-10-16-22(19,2)23(17-20-12-5-3-6-13-20)18-21-14-7-4-8-15-21/h3-16,19H,17-18H2,1-2H3. The molecule has 0 saturated carbocycles. The summed E-state index contributed by atoms with van der Waals surface area (Å²) in [5.41, 5.74) is 2.93. The Kier molecular flexibility index (Phi) is 5.13. The molecular formula is C22H25P. The van der Waals surface area contributed by atoms with E-state index in [1.54, 1.807) is 0 Å². The van der Waals surface area contributed by atoms with Crippen LogP contribution in [0.1, 0.15) is 25.0 Å². The lowest BCUT2D eigenvalue weighted by molar-refractivity contribution is 0.586. The van der Waals surface area contributed by atoms with Gasteiger partial charge < -0.3 is 0 Å². The molecule has 1 aliphatic carbocycles. The number of benzene rings is 2. The minimum atomic E-state index is -0.191. The molecule has 3 rings (SSSR count). The highest BCUT2D eigenvalue weighted by Crippen LogP contribution is 2.59. The number of rotatable bonds is 5. The molecule has 0 aliphatic heterocycles. The van der Waals surface area contributed by atoms with Crippen molar-refractivity contribution in [1.29, 1.82) is 0 Å². The van der Waals surface area contributed by atoms with Crippen LogP contribution in [-0.2, 0) is 12.3 Å². The highest BCUT2D eigenvalue weighted by molar-refractivity contribution is 7.58. The van der Waals surface area contributed by atoms with Crippen LogP contribution in [0.3, 0.4) is 0 Å². The van der Waals surface area contributed by atoms with Crippen LogP contribution < -0.4 is 0 Å². The Balaban J connectivity index is 1.89. The van der Waals surface area contributed by atoms with E-state index in [0.717, 1.165) is 0 Å². The van der Waals surface area contributed by atoms with Crippen molar-refractivity contribution in [3.05, 3.63) is 96.1 Å². The van der Waals surface area contributed by atoms with Crippen molar-refractivity contribution in [3.63, 3.8) is 0 Å². The molecule has 0 bridgehead atoms. The van der Waals surface area contributed by atoms with Gasteiger partial charge in [-0.05, 0) is 29.4 Å². The van der Waals surface area contributed by atoms with Crippen molar-refractivity contribution >= 4 is 7.92 Å². The summed E-state index contributed by atoms with van der Waals surface area (Å²) in [5.74, 6) is 0.589. The first-order chi connectivity index (χ1) is 11.2. The quantitative estimate of drug-likeness (QED) is 0.560. The van der Waals surface area contributed by atoms with Crippen LogP contribution in [0.4, 0.5) is 0 Å². The molecule has 2 atom stereocenters. The van der Waals surface area contributed by atoms with Gasteiger partial charge in [0.2, 0.25) is 0 Å². The van der Waals surface area contributed by atoms with Crippen molar-refractivity contribution < 1.29 is 0 Å². The first-order valence-electron chi connectivity index (χ1n) is 8.37. The minimum Gasteiger partial charge on any atom is -0.0871 e. The normalized spacial score (nSPS) is 23.3. The molecule has 0 N–H and O–H groups in total. The average Bonchev–Trinajstić information content (AvgIpc) is 2.59. The van der Waals surface area contributed by atoms with Gasteiger partial charge in [0.1, 0.15) is 0 Å². The average molecular weight is 320 g/mol. The lowest BCUT2D eigenvalue weighted by atomic mass is 9.91. The second-order valence-electron chi connectivity index (χ2n) is 6.59. The molecular weight excluding hydrogens is 295 g/mol. The summed E-state index contributed by atoms with van der Waals surface area (Å²) >= 11 is 0. The van der Waals surface area contributed by atoms with Gasteiger partial charge in [0, 0.05) is 5.16 Å². The molecule has 0 spiro atoms. The Morgan fingerprint density at radius 3 is 1.83 bits per heavy atom. The zero-order valence-corrected chi connectivity index (χ0v) is 14.9. The summed E-state index contributed by atoms with van der Waals surface area (Å²) in [6.07, 6.45) is 11.6. The summed E-state index contributed by atoms with van der Waals surface area (Å²) in [7, 11) is -0.191. The van der Waals surface area contributed by atoms with Gasteiger partial charge in [0.25, 0.3) is 0 Å². The first-order valence-corrected chi connectivity index (χ1v) is 10.1. The molecule has 1 aliphatic rings. The molecule has 0 amide bonds. The summed E-state index contributed by atoms with van der Waals surface area (Å²) in [6.45, 7) is 4.82. The Morgan fingerprint density at radius 2 is 1.35 bits per heavy atom. The lowest BCUT2D eigenvalue weighted by Gasteiger charge is -2.41. The molecule has 0 radical (unpaired) electrons. The van der Waals surface area contributed by atoms with Gasteiger partial charge in [0.05, 0.1) is 0 Å². The van der Waals surface area contributed by atoms with Gasteiger partial charge in [0.15, 0.2) is 0 Å². The topological polar surface area (TPSA) is 0 Å². The number of hydrogen-bond donors (Lipinski definition) is 0. The van der Waals surface area contributed by atoms with E-state index < -0.39 is 0 Å². The van der Waals surface area contributed by atoms with Gasteiger partial charge >= 0.3 is 0 Å². The second-order valence-corrected chi connectivity index (χ2v) is 9.26. The Labute approximate surface area is 141 Å². The fraction of sp³-hybridized carbons (Fsp3) is 0.273. The summed E-state index contributed by atoms with van der Waals surface area (Å²) in [5, 5.41) is 0.260. The van der Waals surface area contributed by atoms with Gasteiger partial charge in [-0.3, -0.25) is 0 Å². The molecule has 2 aromatic rings. The molecule has 118 valence electrons. The third kappa shape index (κ3) is 3.82. The maximum Gasteiger partial charge on any atom is 0.0125 e. The van der Waals surface area contributed by atoms with Gasteiger partial charge in [-0.25, -0.2) is 0 Å². The van der Waals surface area contributed by atoms with Crippen molar-refractivity contribution in [2.75, 3.05) is 0 Å². The van der Waals surface area contributed by atoms with E-state index in [0.29, 0.717) is 5.92 Å². The van der Waals surface area contributed by atoms with Crippen molar-refractivity contribution in [1.82, 2.24) is 0 Å². The van der Waals surface area contributed by atoms with E-state index in [9.17, 15) is 0 Å². The molecule has 2 unspecified atom stereocenters. The van der Waals surface area contributed by atoms with Crippen molar-refractivity contribution in [2.45, 2.75) is 31.3 Å².